The van der Waals surface area contributed by atoms with Crippen molar-refractivity contribution in [3.63, 3.8) is 0 Å². The number of anilines is 2. The van der Waals surface area contributed by atoms with Crippen molar-refractivity contribution in [2.75, 3.05) is 17.2 Å². The molecule has 5 atom stereocenters. The lowest BCUT2D eigenvalue weighted by atomic mass is 9.90. The van der Waals surface area contributed by atoms with Gasteiger partial charge in [0.25, 0.3) is 10.0 Å². The second-order valence-corrected chi connectivity index (χ2v) is 19.9. The normalized spacial score (nSPS) is 20.9. The minimum atomic E-state index is -3.98. The monoisotopic (exact) mass is 972 g/mol. The standard InChI is InChI=1S/C24H24ClFN6O2S.C22H24ClFN6O2/c1-14-5-7-18(8-6-14)35(33,34)32-13-20(19-9-15(25)11-29-24(19)32)22-28-12-21(26)23(31-22)30-17-4-2-3-16(27)10-17;23-12-7-15-16(10-26-19(15)25-9-12)20-27-11-17(24)21(30-20)28-13-3-1-4-14(8-13)29-22(31)18-5-2-6-32-18/h5-9,11-13,16-17H,2-4,10,27H2,1H3,(H,28,30,31);7,9-11,13-14,18H,1-6,8H2,(H,25,26)(H,29,31)(H,27,28,30)/t16-,17+;13-,14+,18?/m10/s1. The van der Waals surface area contributed by atoms with Gasteiger partial charge in [-0.1, -0.05) is 40.9 Å². The lowest BCUT2D eigenvalue weighted by Gasteiger charge is -2.31. The van der Waals surface area contributed by atoms with Crippen LogP contribution in [0.5, 0.6) is 0 Å². The number of amides is 1. The molecule has 350 valence electrons. The molecule has 2 saturated carbocycles. The van der Waals surface area contributed by atoms with Gasteiger partial charge < -0.3 is 31.4 Å². The van der Waals surface area contributed by atoms with E-state index in [2.05, 4.69) is 50.8 Å². The van der Waals surface area contributed by atoms with Crippen LogP contribution in [0.15, 0.2) is 78.5 Å². The molecule has 1 saturated heterocycles. The molecule has 1 aromatic carbocycles. The van der Waals surface area contributed by atoms with E-state index in [0.717, 1.165) is 72.5 Å². The molecule has 6 aromatic heterocycles. The Morgan fingerprint density at radius 1 is 0.791 bits per heavy atom. The second-order valence-electron chi connectivity index (χ2n) is 17.2. The van der Waals surface area contributed by atoms with Gasteiger partial charge in [-0.05, 0) is 95.4 Å². The Bertz CT molecular complexity index is 3040. The maximum absolute atomic E-state index is 14.6. The molecule has 0 bridgehead atoms. The Morgan fingerprint density at radius 2 is 1.42 bits per heavy atom. The van der Waals surface area contributed by atoms with Gasteiger partial charge >= 0.3 is 0 Å². The van der Waals surface area contributed by atoms with Crippen molar-refractivity contribution in [2.24, 2.45) is 5.73 Å². The lowest BCUT2D eigenvalue weighted by molar-refractivity contribution is -0.131. The molecule has 2 aliphatic carbocycles. The maximum atomic E-state index is 14.6. The number of nitrogens with two attached hydrogens (primary N) is 1. The third kappa shape index (κ3) is 10.4. The van der Waals surface area contributed by atoms with E-state index in [9.17, 15) is 22.0 Å². The van der Waals surface area contributed by atoms with Crippen LogP contribution < -0.4 is 21.7 Å². The minimum absolute atomic E-state index is 0.00429. The number of ether oxygens (including phenoxy) is 1. The molecule has 1 aliphatic heterocycles. The van der Waals surface area contributed by atoms with Crippen molar-refractivity contribution in [1.29, 1.82) is 0 Å². The molecule has 3 aliphatic rings. The molecule has 3 fully saturated rings. The van der Waals surface area contributed by atoms with Crippen molar-refractivity contribution in [1.82, 2.24) is 44.2 Å². The van der Waals surface area contributed by atoms with Crippen molar-refractivity contribution in [3.8, 4) is 22.8 Å². The molecule has 16 nitrogen and oxygen atoms in total. The summed E-state index contributed by atoms with van der Waals surface area (Å²) < 4.78 is 62.6. The highest BCUT2D eigenvalue weighted by atomic mass is 35.5. The smallest absolute Gasteiger partial charge is 0.269 e. The molecule has 6 N–H and O–H groups in total. The number of halogens is 4. The van der Waals surface area contributed by atoms with Gasteiger partial charge in [-0.25, -0.2) is 51.1 Å². The summed E-state index contributed by atoms with van der Waals surface area (Å²) in [4.78, 5) is 41.2. The average Bonchev–Trinajstić information content (AvgIpc) is 4.09. The van der Waals surface area contributed by atoms with Gasteiger partial charge in [-0.3, -0.25) is 4.79 Å². The van der Waals surface area contributed by atoms with E-state index < -0.39 is 21.7 Å². The number of hydrogen-bond donors (Lipinski definition) is 5. The van der Waals surface area contributed by atoms with Gasteiger partial charge in [0, 0.05) is 77.5 Å². The Balaban J connectivity index is 0.000000169. The summed E-state index contributed by atoms with van der Waals surface area (Å²) in [6.45, 7) is 2.52. The number of nitrogens with zero attached hydrogens (tertiary/aromatic N) is 7. The zero-order valence-electron chi connectivity index (χ0n) is 36.4. The molecule has 0 radical (unpaired) electrons. The lowest BCUT2D eigenvalue weighted by Crippen LogP contribution is -2.45. The van der Waals surface area contributed by atoms with Crippen LogP contribution in [-0.4, -0.2) is 90.1 Å². The summed E-state index contributed by atoms with van der Waals surface area (Å²) in [5, 5.41) is 11.5. The van der Waals surface area contributed by atoms with Crippen LogP contribution >= 0.6 is 23.2 Å². The maximum Gasteiger partial charge on any atom is 0.269 e. The number of benzene rings is 1. The van der Waals surface area contributed by atoms with Crippen molar-refractivity contribution in [3.05, 3.63) is 101 Å². The van der Waals surface area contributed by atoms with E-state index in [1.807, 2.05) is 6.92 Å². The van der Waals surface area contributed by atoms with Crippen LogP contribution in [0.2, 0.25) is 10.0 Å². The zero-order chi connectivity index (χ0) is 46.8. The highest BCUT2D eigenvalue weighted by Crippen LogP contribution is 2.34. The van der Waals surface area contributed by atoms with E-state index in [1.165, 1.54) is 30.7 Å². The fraction of sp³-hybridized carbons (Fsp3) is 0.370. The van der Waals surface area contributed by atoms with Crippen molar-refractivity contribution < 1.29 is 26.7 Å². The van der Waals surface area contributed by atoms with Crippen LogP contribution in [0.4, 0.5) is 20.4 Å². The van der Waals surface area contributed by atoms with E-state index in [4.69, 9.17) is 33.7 Å². The summed E-state index contributed by atoms with van der Waals surface area (Å²) in [5.74, 6) is -0.434. The molecular weight excluding hydrogens is 926 g/mol. The van der Waals surface area contributed by atoms with Crippen LogP contribution in [0, 0.1) is 18.6 Å². The van der Waals surface area contributed by atoms with E-state index in [-0.39, 0.29) is 64.2 Å². The molecular formula is C46H48Cl2F2N12O4S. The highest BCUT2D eigenvalue weighted by molar-refractivity contribution is 7.90. The quantitative estimate of drug-likeness (QED) is 0.0871. The molecule has 10 rings (SSSR count). The number of nitrogens with one attached hydrogen (secondary N) is 4. The Labute approximate surface area is 394 Å². The fourth-order valence-corrected chi connectivity index (χ4v) is 10.5. The number of hydrogen-bond acceptors (Lipinski definition) is 13. The number of rotatable bonds is 10. The summed E-state index contributed by atoms with van der Waals surface area (Å²) in [6.07, 6.45) is 16.5. The van der Waals surface area contributed by atoms with Gasteiger partial charge in [0.05, 0.1) is 27.3 Å². The predicted molar refractivity (Wildman–Crippen MR) is 252 cm³/mol. The van der Waals surface area contributed by atoms with Gasteiger partial charge in [0.1, 0.15) is 11.8 Å². The summed E-state index contributed by atoms with van der Waals surface area (Å²) in [6, 6.07) is 9.98. The first-order valence-corrected chi connectivity index (χ1v) is 24.4. The Kier molecular flexibility index (Phi) is 13.7. The number of aromatic nitrogens is 8. The molecule has 1 unspecified atom stereocenters. The first-order valence-electron chi connectivity index (χ1n) is 22.2. The number of carbonyl (C=O) groups is 1. The predicted octanol–water partition coefficient (Wildman–Crippen LogP) is 8.34. The summed E-state index contributed by atoms with van der Waals surface area (Å²) in [5.41, 5.74) is 8.90. The van der Waals surface area contributed by atoms with E-state index >= 15 is 0 Å². The number of pyridine rings is 2. The van der Waals surface area contributed by atoms with Gasteiger partial charge in [-0.15, -0.1) is 0 Å². The van der Waals surface area contributed by atoms with Crippen molar-refractivity contribution >= 4 is 72.8 Å². The number of carbonyl (C=O) groups excluding carboxylic acids is 1. The van der Waals surface area contributed by atoms with Crippen LogP contribution in [0.1, 0.15) is 69.8 Å². The largest absolute Gasteiger partial charge is 0.368 e. The van der Waals surface area contributed by atoms with E-state index in [1.54, 1.807) is 36.7 Å². The molecule has 7 aromatic rings. The molecule has 67 heavy (non-hydrogen) atoms. The van der Waals surface area contributed by atoms with Gasteiger partial charge in [-0.2, -0.15) is 0 Å². The third-order valence-electron chi connectivity index (χ3n) is 12.3. The second kappa shape index (κ2) is 19.8. The summed E-state index contributed by atoms with van der Waals surface area (Å²) >= 11 is 12.3. The molecule has 1 amide bonds. The number of H-pyrrole nitrogens is 1. The van der Waals surface area contributed by atoms with E-state index in [0.29, 0.717) is 57.5 Å². The van der Waals surface area contributed by atoms with Crippen LogP contribution in [-0.2, 0) is 19.6 Å². The molecule has 0 spiro atoms. The Hall–Kier alpha value is -5.86. The van der Waals surface area contributed by atoms with Gasteiger partial charge in [0.15, 0.2) is 40.6 Å². The molecule has 21 heteroatoms. The van der Waals surface area contributed by atoms with Gasteiger partial charge in [0.2, 0.25) is 5.91 Å². The van der Waals surface area contributed by atoms with Crippen LogP contribution in [0.25, 0.3) is 44.8 Å². The van der Waals surface area contributed by atoms with Crippen molar-refractivity contribution in [2.45, 2.75) is 106 Å². The highest BCUT2D eigenvalue weighted by Gasteiger charge is 2.30. The average molecular weight is 974 g/mol. The third-order valence-corrected chi connectivity index (χ3v) is 14.3. The van der Waals surface area contributed by atoms with Crippen LogP contribution in [0.3, 0.4) is 0 Å². The first-order chi connectivity index (χ1) is 32.3. The Morgan fingerprint density at radius 3 is 2.09 bits per heavy atom. The number of aryl methyl sites for hydroxylation is 1. The fourth-order valence-electron chi connectivity index (χ4n) is 8.87. The summed E-state index contributed by atoms with van der Waals surface area (Å²) in [7, 11) is -3.98. The SMILES string of the molecule is Cc1ccc(S(=O)(=O)n2cc(-c3ncc(F)c(N[C@H]4CCC[C@@H](N)C4)n3)c3cc(Cl)cnc32)cc1.O=C(N[C@@H]1CCC[C@H](Nc2nc(-c3c[nH]c4ncc(Cl)cc34)ncc2F)C1)C1CCCO1. The topological polar surface area (TPSA) is 221 Å². The number of fused-ring (bicyclic) bond motifs is 2. The number of aromatic amines is 1. The first kappa shape index (κ1) is 46.3. The minimum Gasteiger partial charge on any atom is -0.368 e. The zero-order valence-corrected chi connectivity index (χ0v) is 38.7. The molecule has 7 heterocycles.